The Bertz CT molecular complexity index is 338. The molecule has 0 saturated heterocycles. The van der Waals surface area contributed by atoms with Crippen LogP contribution in [0, 0.1) is 0 Å². The van der Waals surface area contributed by atoms with E-state index in [-0.39, 0.29) is 0 Å². The van der Waals surface area contributed by atoms with E-state index in [9.17, 15) is 13.2 Å². The molecule has 0 saturated carbocycles. The lowest BCUT2D eigenvalue weighted by molar-refractivity contribution is -0.136. The molecule has 0 fully saturated rings. The van der Waals surface area contributed by atoms with Gasteiger partial charge in [-0.05, 0) is 19.1 Å². The molecule has 0 aliphatic heterocycles. The molecule has 0 aliphatic rings. The average molecular weight is 233 g/mol. The molecule has 0 amide bonds. The van der Waals surface area contributed by atoms with Gasteiger partial charge >= 0.3 is 6.18 Å². The minimum Gasteiger partial charge on any atom is -0.495 e. The highest BCUT2D eigenvalue weighted by Gasteiger charge is 2.30. The number of ether oxygens (including phenoxy) is 1. The topological polar surface area (TPSA) is 21.3 Å². The van der Waals surface area contributed by atoms with Gasteiger partial charge in [0.2, 0.25) is 0 Å². The number of rotatable bonds is 4. The summed E-state index contributed by atoms with van der Waals surface area (Å²) < 4.78 is 41.4. The molecule has 16 heavy (non-hydrogen) atoms. The quantitative estimate of drug-likeness (QED) is 0.860. The van der Waals surface area contributed by atoms with Gasteiger partial charge in [-0.2, -0.15) is 13.2 Å². The molecular weight excluding hydrogens is 219 g/mol. The van der Waals surface area contributed by atoms with Crippen LogP contribution in [0.25, 0.3) is 0 Å². The van der Waals surface area contributed by atoms with E-state index in [1.54, 1.807) is 24.3 Å². The molecule has 1 aromatic rings. The van der Waals surface area contributed by atoms with Crippen LogP contribution in [0.15, 0.2) is 24.3 Å². The monoisotopic (exact) mass is 233 g/mol. The Morgan fingerprint density at radius 2 is 1.94 bits per heavy atom. The van der Waals surface area contributed by atoms with Gasteiger partial charge in [0.25, 0.3) is 0 Å². The van der Waals surface area contributed by atoms with E-state index < -0.39 is 18.6 Å². The predicted molar refractivity (Wildman–Crippen MR) is 56.8 cm³/mol. The Kier molecular flexibility index (Phi) is 4.04. The van der Waals surface area contributed by atoms with Gasteiger partial charge in [-0.3, -0.25) is 0 Å². The molecule has 1 aromatic carbocycles. The Hall–Kier alpha value is -1.39. The van der Waals surface area contributed by atoms with Gasteiger partial charge in [0.05, 0.1) is 19.2 Å². The zero-order chi connectivity index (χ0) is 12.2. The lowest BCUT2D eigenvalue weighted by Gasteiger charge is -2.18. The van der Waals surface area contributed by atoms with Crippen LogP contribution in [0.5, 0.6) is 5.75 Å². The highest BCUT2D eigenvalue weighted by Crippen LogP contribution is 2.27. The Balaban J connectivity index is 2.65. The third kappa shape index (κ3) is 4.00. The molecule has 5 heteroatoms. The number of nitrogens with one attached hydrogen (secondary N) is 1. The Morgan fingerprint density at radius 1 is 1.31 bits per heavy atom. The maximum Gasteiger partial charge on any atom is 0.391 e. The maximum atomic E-state index is 12.1. The normalized spacial score (nSPS) is 13.3. The van der Waals surface area contributed by atoms with Crippen molar-refractivity contribution < 1.29 is 17.9 Å². The second-order valence-electron chi connectivity index (χ2n) is 3.56. The summed E-state index contributed by atoms with van der Waals surface area (Å²) in [6.45, 7) is 1.49. The van der Waals surface area contributed by atoms with Crippen molar-refractivity contribution in [1.82, 2.24) is 0 Å². The van der Waals surface area contributed by atoms with Gasteiger partial charge in [-0.25, -0.2) is 0 Å². The lowest BCUT2D eigenvalue weighted by Crippen LogP contribution is -2.24. The zero-order valence-corrected chi connectivity index (χ0v) is 9.14. The summed E-state index contributed by atoms with van der Waals surface area (Å²) in [6.07, 6.45) is -5.03. The number of methoxy groups -OCH3 is 1. The minimum absolute atomic E-state index is 0.538. The largest absolute Gasteiger partial charge is 0.495 e. The van der Waals surface area contributed by atoms with Gasteiger partial charge < -0.3 is 10.1 Å². The SMILES string of the molecule is COc1ccccc1NC(C)CC(F)(F)F. The van der Waals surface area contributed by atoms with E-state index in [1.165, 1.54) is 14.0 Å². The van der Waals surface area contributed by atoms with Crippen LogP contribution < -0.4 is 10.1 Å². The van der Waals surface area contributed by atoms with E-state index >= 15 is 0 Å². The Morgan fingerprint density at radius 3 is 2.50 bits per heavy atom. The summed E-state index contributed by atoms with van der Waals surface area (Å²) in [6, 6.07) is 6.20. The fourth-order valence-corrected chi connectivity index (χ4v) is 1.43. The second kappa shape index (κ2) is 5.09. The van der Waals surface area contributed by atoms with E-state index in [0.29, 0.717) is 11.4 Å². The first-order chi connectivity index (χ1) is 7.42. The van der Waals surface area contributed by atoms with Gasteiger partial charge in [0, 0.05) is 6.04 Å². The molecule has 1 rings (SSSR count). The molecule has 0 radical (unpaired) electrons. The third-order valence-electron chi connectivity index (χ3n) is 2.05. The van der Waals surface area contributed by atoms with Crippen molar-refractivity contribution in [3.05, 3.63) is 24.3 Å². The van der Waals surface area contributed by atoms with Crippen LogP contribution in [-0.4, -0.2) is 19.3 Å². The van der Waals surface area contributed by atoms with Crippen molar-refractivity contribution in [2.75, 3.05) is 12.4 Å². The smallest absolute Gasteiger partial charge is 0.391 e. The van der Waals surface area contributed by atoms with Crippen molar-refractivity contribution in [3.8, 4) is 5.75 Å². The molecule has 0 spiro atoms. The molecule has 0 aromatic heterocycles. The summed E-state index contributed by atoms with van der Waals surface area (Å²) in [5.74, 6) is 0.538. The second-order valence-corrected chi connectivity index (χ2v) is 3.56. The third-order valence-corrected chi connectivity index (χ3v) is 2.05. The zero-order valence-electron chi connectivity index (χ0n) is 9.14. The van der Waals surface area contributed by atoms with E-state index in [0.717, 1.165) is 0 Å². The summed E-state index contributed by atoms with van der Waals surface area (Å²) in [5, 5.41) is 2.77. The van der Waals surface area contributed by atoms with Crippen molar-refractivity contribution in [2.45, 2.75) is 25.6 Å². The summed E-state index contributed by atoms with van der Waals surface area (Å²) >= 11 is 0. The number of halogens is 3. The number of benzene rings is 1. The minimum atomic E-state index is -4.16. The van der Waals surface area contributed by atoms with Gasteiger partial charge in [-0.15, -0.1) is 0 Å². The molecule has 2 nitrogen and oxygen atoms in total. The van der Waals surface area contributed by atoms with Crippen molar-refractivity contribution >= 4 is 5.69 Å². The summed E-state index contributed by atoms with van der Waals surface area (Å²) in [5.41, 5.74) is 0.571. The van der Waals surface area contributed by atoms with Crippen LogP contribution >= 0.6 is 0 Å². The summed E-state index contributed by atoms with van der Waals surface area (Å²) in [4.78, 5) is 0. The van der Waals surface area contributed by atoms with Crippen LogP contribution in [0.1, 0.15) is 13.3 Å². The van der Waals surface area contributed by atoms with Crippen LogP contribution in [-0.2, 0) is 0 Å². The first kappa shape index (κ1) is 12.7. The van der Waals surface area contributed by atoms with Crippen molar-refractivity contribution in [2.24, 2.45) is 0 Å². The van der Waals surface area contributed by atoms with Gasteiger partial charge in [0.15, 0.2) is 0 Å². The van der Waals surface area contributed by atoms with E-state index in [1.807, 2.05) is 0 Å². The predicted octanol–water partition coefficient (Wildman–Crippen LogP) is 3.45. The highest BCUT2D eigenvalue weighted by molar-refractivity contribution is 5.56. The number of hydrogen-bond donors (Lipinski definition) is 1. The molecule has 0 bridgehead atoms. The lowest BCUT2D eigenvalue weighted by atomic mass is 10.2. The standard InChI is InChI=1S/C11H14F3NO/c1-8(7-11(12,13)14)15-9-5-3-4-6-10(9)16-2/h3-6,8,15H,7H2,1-2H3. The molecule has 0 aliphatic carbocycles. The maximum absolute atomic E-state index is 12.1. The van der Waals surface area contributed by atoms with Crippen LogP contribution in [0.2, 0.25) is 0 Å². The van der Waals surface area contributed by atoms with Gasteiger partial charge in [-0.1, -0.05) is 12.1 Å². The fraction of sp³-hybridized carbons (Fsp3) is 0.455. The number of anilines is 1. The van der Waals surface area contributed by atoms with E-state index in [2.05, 4.69) is 5.32 Å². The first-order valence-corrected chi connectivity index (χ1v) is 4.88. The van der Waals surface area contributed by atoms with Crippen molar-refractivity contribution in [3.63, 3.8) is 0 Å². The molecule has 0 heterocycles. The molecule has 1 atom stereocenters. The molecule has 1 N–H and O–H groups in total. The highest BCUT2D eigenvalue weighted by atomic mass is 19.4. The summed E-state index contributed by atoms with van der Waals surface area (Å²) in [7, 11) is 1.48. The molecular formula is C11H14F3NO. The number of hydrogen-bond acceptors (Lipinski definition) is 2. The van der Waals surface area contributed by atoms with Gasteiger partial charge in [0.1, 0.15) is 5.75 Å². The van der Waals surface area contributed by atoms with E-state index in [4.69, 9.17) is 4.74 Å². The number of alkyl halides is 3. The fourth-order valence-electron chi connectivity index (χ4n) is 1.43. The van der Waals surface area contributed by atoms with Crippen LogP contribution in [0.3, 0.4) is 0 Å². The number of para-hydroxylation sites is 2. The van der Waals surface area contributed by atoms with Crippen LogP contribution in [0.4, 0.5) is 18.9 Å². The molecule has 90 valence electrons. The Labute approximate surface area is 92.4 Å². The average Bonchev–Trinajstić information content (AvgIpc) is 2.15. The molecule has 1 unspecified atom stereocenters. The first-order valence-electron chi connectivity index (χ1n) is 4.88. The van der Waals surface area contributed by atoms with Crippen molar-refractivity contribution in [1.29, 1.82) is 0 Å².